The second-order valence-corrected chi connectivity index (χ2v) is 12.0. The van der Waals surface area contributed by atoms with Gasteiger partial charge in [-0.25, -0.2) is 15.0 Å². The van der Waals surface area contributed by atoms with Crippen molar-refractivity contribution in [2.24, 2.45) is 17.1 Å². The Labute approximate surface area is 237 Å². The zero-order chi connectivity index (χ0) is 28.4. The summed E-state index contributed by atoms with van der Waals surface area (Å²) in [6, 6.07) is 10.9. The van der Waals surface area contributed by atoms with Crippen LogP contribution in [0.3, 0.4) is 0 Å². The average Bonchev–Trinajstić information content (AvgIpc) is 3.37. The molecule has 5 rings (SSSR count). The summed E-state index contributed by atoms with van der Waals surface area (Å²) in [6.07, 6.45) is 7.14. The Kier molecular flexibility index (Phi) is 7.82. The molecule has 0 unspecified atom stereocenters. The van der Waals surface area contributed by atoms with E-state index in [1.807, 2.05) is 12.1 Å². The minimum absolute atomic E-state index is 0.0428. The molecule has 0 aliphatic heterocycles. The number of hydrogen-bond acceptors (Lipinski definition) is 8. The third kappa shape index (κ3) is 5.68. The summed E-state index contributed by atoms with van der Waals surface area (Å²) in [4.78, 5) is 40.2. The van der Waals surface area contributed by atoms with E-state index in [4.69, 9.17) is 16.5 Å². The van der Waals surface area contributed by atoms with Crippen LogP contribution >= 0.6 is 11.3 Å². The van der Waals surface area contributed by atoms with E-state index in [9.17, 15) is 9.59 Å². The van der Waals surface area contributed by atoms with E-state index in [-0.39, 0.29) is 24.0 Å². The van der Waals surface area contributed by atoms with Gasteiger partial charge >= 0.3 is 0 Å². The van der Waals surface area contributed by atoms with Crippen molar-refractivity contribution in [3.05, 3.63) is 76.2 Å². The molecule has 40 heavy (non-hydrogen) atoms. The number of fused-ring (bicyclic) bond motifs is 2. The number of carbonyl (C=O) groups excluding carboxylic acids is 2. The van der Waals surface area contributed by atoms with Crippen LogP contribution in [0, 0.1) is 11.3 Å². The molecule has 1 aliphatic carbocycles. The molecule has 3 heterocycles. The number of rotatable bonds is 8. The highest BCUT2D eigenvalue weighted by atomic mass is 32.1. The fourth-order valence-electron chi connectivity index (χ4n) is 5.25. The average molecular weight is 558 g/mol. The zero-order valence-electron chi connectivity index (χ0n) is 23.0. The highest BCUT2D eigenvalue weighted by Gasteiger charge is 2.32. The maximum Gasteiger partial charge on any atom is 0.278 e. The standard InChI is InChI=1S/C30H35N7O2S/c1-4-30(2,3)20-8-9-22-18(13-20)12-19-15-24(40-29(19)37-22)27(38)36-23(16-31)17-6-5-7-21(14-17)35-28(39)25-26(32)34-11-10-33-25/h5-7,10-12,14-15,20,23H,4,8-9,13,16,31H2,1-3H3,(H2,32,34)(H,35,39)(H,36,38)/t20-,23+/m0/s1. The van der Waals surface area contributed by atoms with Gasteiger partial charge in [-0.2, -0.15) is 0 Å². The van der Waals surface area contributed by atoms with Crippen molar-refractivity contribution >= 4 is 44.9 Å². The Morgan fingerprint density at radius 1 is 1.15 bits per heavy atom. The van der Waals surface area contributed by atoms with Gasteiger partial charge in [-0.1, -0.05) is 39.3 Å². The molecular weight excluding hydrogens is 522 g/mol. The number of benzene rings is 1. The van der Waals surface area contributed by atoms with Gasteiger partial charge in [-0.05, 0) is 66.0 Å². The van der Waals surface area contributed by atoms with Crippen LogP contribution in [0.15, 0.2) is 48.8 Å². The SMILES string of the molecule is CCC(C)(C)[C@H]1CCc2nc3sc(C(=O)N[C@H](CN)c4cccc(NC(=O)c5nccnc5N)c4)cc3cc2C1. The summed E-state index contributed by atoms with van der Waals surface area (Å²) in [5, 5.41) is 6.83. The molecule has 1 aromatic carbocycles. The summed E-state index contributed by atoms with van der Waals surface area (Å²) in [5.41, 5.74) is 15.9. The normalized spacial score (nSPS) is 15.8. The van der Waals surface area contributed by atoms with Crippen LogP contribution in [0.4, 0.5) is 11.5 Å². The number of nitrogens with one attached hydrogen (secondary N) is 2. The third-order valence-electron chi connectivity index (χ3n) is 8.14. The van der Waals surface area contributed by atoms with Gasteiger partial charge in [0.2, 0.25) is 0 Å². The molecule has 0 bridgehead atoms. The molecule has 3 aromatic heterocycles. The fourth-order valence-corrected chi connectivity index (χ4v) is 6.18. The topological polar surface area (TPSA) is 149 Å². The smallest absolute Gasteiger partial charge is 0.278 e. The first kappa shape index (κ1) is 27.7. The Morgan fingerprint density at radius 2 is 1.95 bits per heavy atom. The zero-order valence-corrected chi connectivity index (χ0v) is 23.8. The molecule has 0 saturated heterocycles. The number of hydrogen-bond donors (Lipinski definition) is 4. The Hall–Kier alpha value is -3.89. The molecule has 0 saturated carbocycles. The first-order chi connectivity index (χ1) is 19.2. The number of thiophene rings is 1. The molecule has 6 N–H and O–H groups in total. The van der Waals surface area contributed by atoms with Crippen LogP contribution in [-0.2, 0) is 12.8 Å². The third-order valence-corrected chi connectivity index (χ3v) is 9.19. The summed E-state index contributed by atoms with van der Waals surface area (Å²) >= 11 is 1.40. The number of anilines is 2. The highest BCUT2D eigenvalue weighted by Crippen LogP contribution is 2.40. The molecular formula is C30H35N7O2S. The molecule has 1 aliphatic rings. The van der Waals surface area contributed by atoms with Gasteiger partial charge in [0.05, 0.1) is 10.9 Å². The number of nitrogens with two attached hydrogens (primary N) is 2. The van der Waals surface area contributed by atoms with Gasteiger partial charge in [0.15, 0.2) is 11.5 Å². The van der Waals surface area contributed by atoms with Crippen LogP contribution in [0.5, 0.6) is 0 Å². The van der Waals surface area contributed by atoms with Gasteiger partial charge in [0.1, 0.15) is 4.83 Å². The highest BCUT2D eigenvalue weighted by molar-refractivity contribution is 7.20. The lowest BCUT2D eigenvalue weighted by molar-refractivity contribution is 0.0941. The number of nitrogen functional groups attached to an aromatic ring is 1. The van der Waals surface area contributed by atoms with Crippen LogP contribution in [0.1, 0.15) is 76.6 Å². The lowest BCUT2D eigenvalue weighted by Gasteiger charge is -2.36. The van der Waals surface area contributed by atoms with Crippen molar-refractivity contribution in [3.63, 3.8) is 0 Å². The summed E-state index contributed by atoms with van der Waals surface area (Å²) in [7, 11) is 0. The number of carbonyl (C=O) groups is 2. The van der Waals surface area contributed by atoms with Gasteiger partial charge in [-0.15, -0.1) is 11.3 Å². The quantitative estimate of drug-likeness (QED) is 0.241. The van der Waals surface area contributed by atoms with E-state index in [2.05, 4.69) is 47.4 Å². The lowest BCUT2D eigenvalue weighted by atomic mass is 9.69. The second kappa shape index (κ2) is 11.3. The predicted molar refractivity (Wildman–Crippen MR) is 159 cm³/mol. The Balaban J connectivity index is 1.31. The number of amides is 2. The lowest BCUT2D eigenvalue weighted by Crippen LogP contribution is -2.33. The van der Waals surface area contributed by atoms with E-state index < -0.39 is 11.9 Å². The van der Waals surface area contributed by atoms with Crippen molar-refractivity contribution in [1.82, 2.24) is 20.3 Å². The van der Waals surface area contributed by atoms with Crippen molar-refractivity contribution in [1.29, 1.82) is 0 Å². The Morgan fingerprint density at radius 3 is 2.70 bits per heavy atom. The minimum atomic E-state index is -0.471. The molecule has 0 spiro atoms. The van der Waals surface area contributed by atoms with Crippen LogP contribution < -0.4 is 22.1 Å². The minimum Gasteiger partial charge on any atom is -0.382 e. The van der Waals surface area contributed by atoms with Crippen molar-refractivity contribution in [2.45, 2.75) is 52.5 Å². The van der Waals surface area contributed by atoms with E-state index in [0.29, 0.717) is 21.9 Å². The molecule has 4 aromatic rings. The van der Waals surface area contributed by atoms with Crippen LogP contribution in [0.25, 0.3) is 10.2 Å². The van der Waals surface area contributed by atoms with Crippen molar-refractivity contribution in [2.75, 3.05) is 17.6 Å². The summed E-state index contributed by atoms with van der Waals surface area (Å²) in [6.45, 7) is 7.16. The van der Waals surface area contributed by atoms with Crippen molar-refractivity contribution in [3.8, 4) is 0 Å². The first-order valence-electron chi connectivity index (χ1n) is 13.6. The molecule has 2 amide bonds. The molecule has 0 radical (unpaired) electrons. The summed E-state index contributed by atoms with van der Waals surface area (Å²) < 4.78 is 0. The van der Waals surface area contributed by atoms with E-state index in [1.165, 1.54) is 29.3 Å². The van der Waals surface area contributed by atoms with Gasteiger partial charge in [-0.3, -0.25) is 9.59 Å². The van der Waals surface area contributed by atoms with Crippen LogP contribution in [-0.4, -0.2) is 33.3 Å². The largest absolute Gasteiger partial charge is 0.382 e. The number of aryl methyl sites for hydroxylation is 1. The molecule has 0 fully saturated rings. The molecule has 2 atom stereocenters. The maximum absolute atomic E-state index is 13.3. The van der Waals surface area contributed by atoms with E-state index in [1.54, 1.807) is 18.2 Å². The number of aromatic nitrogens is 3. The van der Waals surface area contributed by atoms with E-state index in [0.717, 1.165) is 47.2 Å². The first-order valence-corrected chi connectivity index (χ1v) is 14.4. The molecule has 208 valence electrons. The fraction of sp³-hybridized carbons (Fsp3) is 0.367. The van der Waals surface area contributed by atoms with Gasteiger partial charge in [0.25, 0.3) is 11.8 Å². The van der Waals surface area contributed by atoms with E-state index >= 15 is 0 Å². The van der Waals surface area contributed by atoms with Crippen LogP contribution in [0.2, 0.25) is 0 Å². The number of nitrogens with zero attached hydrogens (tertiary/aromatic N) is 3. The van der Waals surface area contributed by atoms with Crippen molar-refractivity contribution < 1.29 is 9.59 Å². The maximum atomic E-state index is 13.3. The van der Waals surface area contributed by atoms with Gasteiger partial charge < -0.3 is 22.1 Å². The second-order valence-electron chi connectivity index (χ2n) is 11.0. The predicted octanol–water partition coefficient (Wildman–Crippen LogP) is 4.89. The number of pyridine rings is 1. The Bertz CT molecular complexity index is 1560. The van der Waals surface area contributed by atoms with Gasteiger partial charge in [0, 0.05) is 35.7 Å². The molecule has 9 nitrogen and oxygen atoms in total. The molecule has 10 heteroatoms. The monoisotopic (exact) mass is 557 g/mol. The summed E-state index contributed by atoms with van der Waals surface area (Å²) in [5.74, 6) is 0.00496.